The normalized spacial score (nSPS) is 17.0. The van der Waals surface area contributed by atoms with Gasteiger partial charge < -0.3 is 4.90 Å². The first-order valence-electron chi connectivity index (χ1n) is 9.98. The minimum absolute atomic E-state index is 0.343. The fourth-order valence-electron chi connectivity index (χ4n) is 4.56. The number of benzene rings is 3. The average Bonchev–Trinajstić information content (AvgIpc) is 3.08. The Kier molecular flexibility index (Phi) is 4.82. The second-order valence-corrected chi connectivity index (χ2v) is 8.01. The Morgan fingerprint density at radius 3 is 2.14 bits per heavy atom. The van der Waals surface area contributed by atoms with E-state index in [1.54, 1.807) is 23.2 Å². The number of halogens is 2. The van der Waals surface area contributed by atoms with Crippen molar-refractivity contribution >= 4 is 17.8 Å². The maximum atomic E-state index is 14.0. The summed E-state index contributed by atoms with van der Waals surface area (Å²) in [7, 11) is 0. The number of nitrogens with one attached hydrogen (secondary N) is 1. The molecule has 1 saturated heterocycles. The van der Waals surface area contributed by atoms with Gasteiger partial charge in [-0.1, -0.05) is 66.2 Å². The summed E-state index contributed by atoms with van der Waals surface area (Å²) < 4.78 is 14.0. The third-order valence-electron chi connectivity index (χ3n) is 5.97. The summed E-state index contributed by atoms with van der Waals surface area (Å²) in [5.74, 6) is -0.343. The summed E-state index contributed by atoms with van der Waals surface area (Å²) in [5.41, 5.74) is 5.89. The molecular formula is C24H22ClFN3+. The first kappa shape index (κ1) is 18.3. The minimum atomic E-state index is -0.343. The third kappa shape index (κ3) is 3.33. The molecule has 0 spiro atoms. The lowest BCUT2D eigenvalue weighted by atomic mass is 10.0. The van der Waals surface area contributed by atoms with Gasteiger partial charge in [-0.05, 0) is 23.3 Å². The molecule has 29 heavy (non-hydrogen) atoms. The number of hydrazone groups is 1. The zero-order valence-corrected chi connectivity index (χ0v) is 16.7. The standard InChI is InChI=1S/C24H21ClFN3/c25-22-10-5-11-23(26)21(22)16-27-29-14-12-28(13-15-29)24-19-8-3-1-6-17(19)18-7-2-4-9-20(18)24/h1-11,16,24H,12-15H2/p+1/b27-16-. The Morgan fingerprint density at radius 2 is 1.52 bits per heavy atom. The molecule has 0 unspecified atom stereocenters. The Hall–Kier alpha value is -2.69. The summed E-state index contributed by atoms with van der Waals surface area (Å²) in [6.07, 6.45) is 1.54. The van der Waals surface area contributed by atoms with Gasteiger partial charge in [0.05, 0.1) is 37.4 Å². The lowest BCUT2D eigenvalue weighted by molar-refractivity contribution is -0.929. The van der Waals surface area contributed by atoms with Crippen LogP contribution in [0.15, 0.2) is 71.8 Å². The van der Waals surface area contributed by atoms with Crippen LogP contribution in [0.4, 0.5) is 4.39 Å². The van der Waals surface area contributed by atoms with E-state index in [0.29, 0.717) is 16.6 Å². The maximum absolute atomic E-state index is 14.0. The molecule has 146 valence electrons. The van der Waals surface area contributed by atoms with Gasteiger partial charge in [0.15, 0.2) is 0 Å². The Balaban J connectivity index is 1.33. The number of hydrogen-bond donors (Lipinski definition) is 1. The molecule has 3 aromatic rings. The van der Waals surface area contributed by atoms with E-state index in [0.717, 1.165) is 26.2 Å². The van der Waals surface area contributed by atoms with E-state index in [9.17, 15) is 4.39 Å². The van der Waals surface area contributed by atoms with Crippen molar-refractivity contribution in [1.82, 2.24) is 5.01 Å². The van der Waals surface area contributed by atoms with Crippen LogP contribution in [0.3, 0.4) is 0 Å². The molecule has 1 N–H and O–H groups in total. The van der Waals surface area contributed by atoms with Gasteiger partial charge in [-0.15, -0.1) is 0 Å². The van der Waals surface area contributed by atoms with Gasteiger partial charge in [-0.2, -0.15) is 5.10 Å². The van der Waals surface area contributed by atoms with Crippen molar-refractivity contribution in [1.29, 1.82) is 0 Å². The SMILES string of the molecule is Fc1cccc(Cl)c1/C=N\N1CC[NH+](C2c3ccccc3-c3ccccc32)CC1. The fraction of sp³-hybridized carbons (Fsp3) is 0.208. The molecule has 1 aliphatic carbocycles. The van der Waals surface area contributed by atoms with E-state index in [1.165, 1.54) is 28.3 Å². The zero-order chi connectivity index (χ0) is 19.8. The number of fused-ring (bicyclic) bond motifs is 3. The van der Waals surface area contributed by atoms with Gasteiger partial charge in [-0.25, -0.2) is 4.39 Å². The Morgan fingerprint density at radius 1 is 0.897 bits per heavy atom. The van der Waals surface area contributed by atoms with Crippen molar-refractivity contribution in [3.05, 3.63) is 94.3 Å². The molecular weight excluding hydrogens is 385 g/mol. The molecule has 0 bridgehead atoms. The van der Waals surface area contributed by atoms with Crippen LogP contribution in [-0.4, -0.2) is 37.4 Å². The zero-order valence-electron chi connectivity index (χ0n) is 16.0. The summed E-state index contributed by atoms with van der Waals surface area (Å²) in [5, 5.41) is 6.89. The van der Waals surface area contributed by atoms with Crippen molar-refractivity contribution in [2.24, 2.45) is 5.10 Å². The van der Waals surface area contributed by atoms with Gasteiger partial charge in [0.1, 0.15) is 11.9 Å². The van der Waals surface area contributed by atoms with Gasteiger partial charge >= 0.3 is 0 Å². The van der Waals surface area contributed by atoms with Gasteiger partial charge in [0.2, 0.25) is 0 Å². The highest BCUT2D eigenvalue weighted by molar-refractivity contribution is 6.33. The number of rotatable bonds is 3. The summed E-state index contributed by atoms with van der Waals surface area (Å²) in [6.45, 7) is 3.63. The molecule has 2 aliphatic rings. The number of quaternary nitrogens is 1. The van der Waals surface area contributed by atoms with E-state index in [2.05, 4.69) is 53.6 Å². The average molecular weight is 407 g/mol. The molecule has 5 rings (SSSR count). The van der Waals surface area contributed by atoms with Crippen LogP contribution in [0.25, 0.3) is 11.1 Å². The van der Waals surface area contributed by atoms with Crippen molar-refractivity contribution in [2.75, 3.05) is 26.2 Å². The highest BCUT2D eigenvalue weighted by Gasteiger charge is 2.37. The van der Waals surface area contributed by atoms with Crippen molar-refractivity contribution in [3.63, 3.8) is 0 Å². The fourth-order valence-corrected chi connectivity index (χ4v) is 4.77. The van der Waals surface area contributed by atoms with Crippen LogP contribution in [0.2, 0.25) is 5.02 Å². The van der Waals surface area contributed by atoms with Crippen LogP contribution in [0, 0.1) is 5.82 Å². The van der Waals surface area contributed by atoms with E-state index in [-0.39, 0.29) is 5.82 Å². The third-order valence-corrected chi connectivity index (χ3v) is 6.30. The maximum Gasteiger partial charge on any atom is 0.140 e. The van der Waals surface area contributed by atoms with E-state index in [4.69, 9.17) is 11.6 Å². The molecule has 3 nitrogen and oxygen atoms in total. The molecule has 5 heteroatoms. The second-order valence-electron chi connectivity index (χ2n) is 7.60. The van der Waals surface area contributed by atoms with Crippen LogP contribution in [-0.2, 0) is 0 Å². The monoisotopic (exact) mass is 406 g/mol. The van der Waals surface area contributed by atoms with Crippen LogP contribution < -0.4 is 4.90 Å². The molecule has 0 radical (unpaired) electrons. The second kappa shape index (κ2) is 7.62. The molecule has 1 aliphatic heterocycles. The van der Waals surface area contributed by atoms with Crippen molar-refractivity contribution < 1.29 is 9.29 Å². The molecule has 0 aromatic heterocycles. The van der Waals surface area contributed by atoms with Crippen molar-refractivity contribution in [2.45, 2.75) is 6.04 Å². The Bertz CT molecular complexity index is 1010. The molecule has 0 atom stereocenters. The van der Waals surface area contributed by atoms with Gasteiger partial charge in [0.25, 0.3) is 0 Å². The largest absolute Gasteiger partial charge is 0.322 e. The molecule has 1 fully saturated rings. The number of piperazine rings is 1. The highest BCUT2D eigenvalue weighted by atomic mass is 35.5. The lowest BCUT2D eigenvalue weighted by Crippen LogP contribution is -3.14. The molecule has 0 saturated carbocycles. The predicted octanol–water partition coefficient (Wildman–Crippen LogP) is 3.78. The van der Waals surface area contributed by atoms with Crippen LogP contribution in [0.5, 0.6) is 0 Å². The summed E-state index contributed by atoms with van der Waals surface area (Å²) in [4.78, 5) is 1.55. The lowest BCUT2D eigenvalue weighted by Gasteiger charge is -2.34. The topological polar surface area (TPSA) is 20.0 Å². The first-order valence-corrected chi connectivity index (χ1v) is 10.4. The molecule has 0 amide bonds. The minimum Gasteiger partial charge on any atom is -0.322 e. The summed E-state index contributed by atoms with van der Waals surface area (Å²) >= 11 is 6.10. The van der Waals surface area contributed by atoms with Crippen molar-refractivity contribution in [3.8, 4) is 11.1 Å². The van der Waals surface area contributed by atoms with E-state index >= 15 is 0 Å². The van der Waals surface area contributed by atoms with Gasteiger partial charge in [0, 0.05) is 16.7 Å². The van der Waals surface area contributed by atoms with E-state index < -0.39 is 0 Å². The molecule has 1 heterocycles. The smallest absolute Gasteiger partial charge is 0.140 e. The number of hydrogen-bond acceptors (Lipinski definition) is 2. The quantitative estimate of drug-likeness (QED) is 0.656. The van der Waals surface area contributed by atoms with E-state index in [1.807, 2.05) is 5.01 Å². The molecule has 3 aromatic carbocycles. The highest BCUT2D eigenvalue weighted by Crippen LogP contribution is 2.41. The van der Waals surface area contributed by atoms with Gasteiger partial charge in [-0.3, -0.25) is 5.01 Å². The predicted molar refractivity (Wildman–Crippen MR) is 115 cm³/mol. The Labute approximate surface area is 175 Å². The first-order chi connectivity index (χ1) is 14.2. The summed E-state index contributed by atoms with van der Waals surface area (Å²) in [6, 6.07) is 22.6. The number of nitrogens with zero attached hydrogens (tertiary/aromatic N) is 2. The van der Waals surface area contributed by atoms with Crippen LogP contribution >= 0.6 is 11.6 Å². The van der Waals surface area contributed by atoms with Crippen LogP contribution in [0.1, 0.15) is 22.7 Å².